The highest BCUT2D eigenvalue weighted by molar-refractivity contribution is 6.03. The second kappa shape index (κ2) is 14.5. The molecule has 0 spiro atoms. The fourth-order valence-electron chi connectivity index (χ4n) is 4.34. The van der Waals surface area contributed by atoms with E-state index in [4.69, 9.17) is 9.47 Å². The molecule has 0 atom stereocenters. The van der Waals surface area contributed by atoms with Gasteiger partial charge >= 0.3 is 0 Å². The number of amides is 2. The van der Waals surface area contributed by atoms with Crippen molar-refractivity contribution < 1.29 is 19.1 Å². The van der Waals surface area contributed by atoms with Crippen molar-refractivity contribution in [2.75, 3.05) is 23.8 Å². The van der Waals surface area contributed by atoms with Gasteiger partial charge in [0.15, 0.2) is 0 Å². The molecule has 4 aromatic rings. The molecule has 0 heterocycles. The minimum absolute atomic E-state index is 0.202. The molecule has 0 fully saturated rings. The Balaban J connectivity index is 1.35. The van der Waals surface area contributed by atoms with Crippen LogP contribution in [-0.2, 0) is 9.59 Å². The quantitative estimate of drug-likeness (QED) is 0.182. The molecular formula is C36H36N2O4. The van der Waals surface area contributed by atoms with Crippen LogP contribution in [0.4, 0.5) is 11.4 Å². The van der Waals surface area contributed by atoms with Gasteiger partial charge in [-0.3, -0.25) is 9.59 Å². The fraction of sp³-hybridized carbons (Fsp3) is 0.167. The summed E-state index contributed by atoms with van der Waals surface area (Å²) in [4.78, 5) is 25.1. The van der Waals surface area contributed by atoms with Crippen molar-refractivity contribution in [2.24, 2.45) is 0 Å². The molecule has 0 aliphatic heterocycles. The van der Waals surface area contributed by atoms with E-state index in [9.17, 15) is 9.59 Å². The summed E-state index contributed by atoms with van der Waals surface area (Å²) in [6, 6.07) is 27.0. The Kier molecular flexibility index (Phi) is 10.3. The maximum atomic E-state index is 12.5. The second-order valence-corrected chi connectivity index (χ2v) is 9.71. The molecule has 0 aliphatic rings. The largest absolute Gasteiger partial charge is 0.494 e. The highest BCUT2D eigenvalue weighted by Crippen LogP contribution is 2.28. The predicted octanol–water partition coefficient (Wildman–Crippen LogP) is 8.07. The number of benzene rings is 4. The Bertz CT molecular complexity index is 1470. The van der Waals surface area contributed by atoms with E-state index in [1.165, 1.54) is 12.2 Å². The average molecular weight is 561 g/mol. The molecule has 4 aromatic carbocycles. The molecule has 0 saturated carbocycles. The van der Waals surface area contributed by atoms with E-state index in [-0.39, 0.29) is 11.8 Å². The van der Waals surface area contributed by atoms with Gasteiger partial charge in [-0.15, -0.1) is 0 Å². The Morgan fingerprint density at radius 3 is 1.31 bits per heavy atom. The smallest absolute Gasteiger partial charge is 0.248 e. The number of anilines is 2. The van der Waals surface area contributed by atoms with Gasteiger partial charge in [-0.1, -0.05) is 36.4 Å². The van der Waals surface area contributed by atoms with Crippen molar-refractivity contribution >= 4 is 35.3 Å². The van der Waals surface area contributed by atoms with E-state index < -0.39 is 0 Å². The van der Waals surface area contributed by atoms with Crippen molar-refractivity contribution in [1.29, 1.82) is 0 Å². The Morgan fingerprint density at radius 1 is 0.595 bits per heavy atom. The number of rotatable bonds is 11. The lowest BCUT2D eigenvalue weighted by atomic mass is 10.00. The maximum absolute atomic E-state index is 12.5. The van der Waals surface area contributed by atoms with E-state index in [0.717, 1.165) is 56.3 Å². The van der Waals surface area contributed by atoms with Gasteiger partial charge in [0, 0.05) is 23.5 Å². The van der Waals surface area contributed by atoms with E-state index in [0.29, 0.717) is 13.2 Å². The van der Waals surface area contributed by atoms with Gasteiger partial charge in [0.1, 0.15) is 11.5 Å². The molecule has 0 unspecified atom stereocenters. The summed E-state index contributed by atoms with van der Waals surface area (Å²) in [6.07, 6.45) is 6.58. The number of nitrogens with one attached hydrogen (secondary N) is 2. The predicted molar refractivity (Wildman–Crippen MR) is 172 cm³/mol. The van der Waals surface area contributed by atoms with E-state index in [2.05, 4.69) is 10.6 Å². The Morgan fingerprint density at radius 2 is 0.976 bits per heavy atom. The number of aryl methyl sites for hydroxylation is 2. The highest BCUT2D eigenvalue weighted by Gasteiger charge is 2.08. The zero-order valence-corrected chi connectivity index (χ0v) is 24.4. The first-order chi connectivity index (χ1) is 20.3. The standard InChI is InChI=1S/C36H36N2O4/c1-5-41-31-15-7-27(8-16-31)11-21-35(39)37-33-19-13-29(23-25(33)3)30-14-20-34(26(4)24-30)38-36(40)22-12-28-9-17-32(18-10-28)42-6-2/h7-24H,5-6H2,1-4H3,(H,37,39)(H,38,40)/b21-11+,22-12+. The molecule has 0 saturated heterocycles. The van der Waals surface area contributed by atoms with E-state index in [1.807, 2.05) is 113 Å². The molecule has 2 N–H and O–H groups in total. The van der Waals surface area contributed by atoms with Crippen molar-refractivity contribution in [3.63, 3.8) is 0 Å². The molecule has 0 radical (unpaired) electrons. The maximum Gasteiger partial charge on any atom is 0.248 e. The summed E-state index contributed by atoms with van der Waals surface area (Å²) in [5.74, 6) is 1.20. The topological polar surface area (TPSA) is 76.7 Å². The lowest BCUT2D eigenvalue weighted by Crippen LogP contribution is -2.09. The third kappa shape index (κ3) is 8.45. The van der Waals surface area contributed by atoms with Gasteiger partial charge < -0.3 is 20.1 Å². The Hall–Kier alpha value is -5.10. The summed E-state index contributed by atoms with van der Waals surface area (Å²) in [7, 11) is 0. The summed E-state index contributed by atoms with van der Waals surface area (Å²) < 4.78 is 10.9. The first-order valence-corrected chi connectivity index (χ1v) is 14.0. The van der Waals surface area contributed by atoms with Crippen LogP contribution in [0.1, 0.15) is 36.1 Å². The summed E-state index contributed by atoms with van der Waals surface area (Å²) in [6.45, 7) is 9.04. The minimum atomic E-state index is -0.202. The van der Waals surface area contributed by atoms with E-state index >= 15 is 0 Å². The average Bonchev–Trinajstić information content (AvgIpc) is 2.99. The van der Waals surface area contributed by atoms with Crippen LogP contribution in [0.25, 0.3) is 23.3 Å². The molecule has 6 nitrogen and oxygen atoms in total. The van der Waals surface area contributed by atoms with Crippen LogP contribution in [0.2, 0.25) is 0 Å². The molecule has 4 rings (SSSR count). The van der Waals surface area contributed by atoms with Crippen molar-refractivity contribution in [3.8, 4) is 22.6 Å². The molecule has 0 aliphatic carbocycles. The van der Waals surface area contributed by atoms with Gasteiger partial charge in [0.05, 0.1) is 13.2 Å². The molecule has 0 bridgehead atoms. The molecule has 2 amide bonds. The van der Waals surface area contributed by atoms with Crippen LogP contribution in [0.15, 0.2) is 97.1 Å². The molecule has 42 heavy (non-hydrogen) atoms. The Labute approximate surface area is 247 Å². The normalized spacial score (nSPS) is 11.0. The van der Waals surface area contributed by atoms with Crippen LogP contribution in [0.5, 0.6) is 11.5 Å². The van der Waals surface area contributed by atoms with Crippen LogP contribution in [0, 0.1) is 13.8 Å². The minimum Gasteiger partial charge on any atom is -0.494 e. The third-order valence-electron chi connectivity index (χ3n) is 6.54. The molecular weight excluding hydrogens is 524 g/mol. The van der Waals surface area contributed by atoms with Crippen molar-refractivity contribution in [1.82, 2.24) is 0 Å². The van der Waals surface area contributed by atoms with Gasteiger partial charge in [-0.25, -0.2) is 0 Å². The third-order valence-corrected chi connectivity index (χ3v) is 6.54. The zero-order chi connectivity index (χ0) is 29.9. The number of hydrogen-bond donors (Lipinski definition) is 2. The van der Waals surface area contributed by atoms with Crippen molar-refractivity contribution in [3.05, 3.63) is 119 Å². The monoisotopic (exact) mass is 560 g/mol. The van der Waals surface area contributed by atoms with Crippen LogP contribution >= 0.6 is 0 Å². The summed E-state index contributed by atoms with van der Waals surface area (Å²) in [5.41, 5.74) is 7.27. The number of hydrogen-bond acceptors (Lipinski definition) is 4. The summed E-state index contributed by atoms with van der Waals surface area (Å²) >= 11 is 0. The van der Waals surface area contributed by atoms with Gasteiger partial charge in [0.25, 0.3) is 0 Å². The van der Waals surface area contributed by atoms with Crippen LogP contribution in [0.3, 0.4) is 0 Å². The SMILES string of the molecule is CCOc1ccc(/C=C/C(=O)Nc2ccc(-c3ccc(NC(=O)/C=C/c4ccc(OCC)cc4)c(C)c3)cc2C)cc1. The zero-order valence-electron chi connectivity index (χ0n) is 24.4. The first kappa shape index (κ1) is 29.9. The first-order valence-electron chi connectivity index (χ1n) is 14.0. The number of ether oxygens (including phenoxy) is 2. The lowest BCUT2D eigenvalue weighted by molar-refractivity contribution is -0.112. The second-order valence-electron chi connectivity index (χ2n) is 9.71. The van der Waals surface area contributed by atoms with Crippen LogP contribution < -0.4 is 20.1 Å². The van der Waals surface area contributed by atoms with Gasteiger partial charge in [0.2, 0.25) is 11.8 Å². The van der Waals surface area contributed by atoms with Crippen molar-refractivity contribution in [2.45, 2.75) is 27.7 Å². The molecule has 0 aromatic heterocycles. The van der Waals surface area contributed by atoms with E-state index in [1.54, 1.807) is 12.2 Å². The van der Waals surface area contributed by atoms with Gasteiger partial charge in [-0.05, 0) is 122 Å². The van der Waals surface area contributed by atoms with Gasteiger partial charge in [-0.2, -0.15) is 0 Å². The highest BCUT2D eigenvalue weighted by atomic mass is 16.5. The summed E-state index contributed by atoms with van der Waals surface area (Å²) in [5, 5.41) is 5.91. The molecule has 6 heteroatoms. The fourth-order valence-corrected chi connectivity index (χ4v) is 4.34. The lowest BCUT2D eigenvalue weighted by Gasteiger charge is -2.12. The number of carbonyl (C=O) groups is 2. The number of carbonyl (C=O) groups excluding carboxylic acids is 2. The van der Waals surface area contributed by atoms with Crippen LogP contribution in [-0.4, -0.2) is 25.0 Å². The molecule has 214 valence electrons.